The molecule has 0 saturated heterocycles. The Bertz CT molecular complexity index is 2410. The maximum absolute atomic E-state index is 9.29. The molecule has 5 heteroatoms. The Morgan fingerprint density at radius 3 is 1.26 bits per heavy atom. The van der Waals surface area contributed by atoms with E-state index in [4.69, 9.17) is 9.97 Å². The van der Waals surface area contributed by atoms with Crippen molar-refractivity contribution in [3.63, 3.8) is 0 Å². The van der Waals surface area contributed by atoms with E-state index in [0.717, 1.165) is 56.2 Å². The number of fused-ring (bicyclic) bond motifs is 6. The van der Waals surface area contributed by atoms with Crippen LogP contribution in [0.15, 0.2) is 152 Å². The number of hydrogen-bond donors (Lipinski definition) is 0. The van der Waals surface area contributed by atoms with Crippen molar-refractivity contribution in [2.75, 3.05) is 0 Å². The second kappa shape index (κ2) is 10.3. The van der Waals surface area contributed by atoms with Crippen molar-refractivity contribution >= 4 is 43.6 Å². The fourth-order valence-electron chi connectivity index (χ4n) is 6.69. The summed E-state index contributed by atoms with van der Waals surface area (Å²) in [5, 5.41) is 14.0. The number of nitrogens with zero attached hydrogens (tertiary/aromatic N) is 5. The quantitative estimate of drug-likeness (QED) is 0.206. The molecule has 0 fully saturated rings. The molecule has 0 atom stereocenters. The SMILES string of the molecule is N#Cc1ccc(-c2cccc(-c3cc(-n4c5ccccc5c5ccccc54)nc(-n4c5ccccc5c5ccccc54)c3)n2)cc1. The van der Waals surface area contributed by atoms with Gasteiger partial charge in [0.2, 0.25) is 0 Å². The number of pyridine rings is 2. The van der Waals surface area contributed by atoms with Gasteiger partial charge in [0.25, 0.3) is 0 Å². The Morgan fingerprint density at radius 1 is 0.413 bits per heavy atom. The van der Waals surface area contributed by atoms with Gasteiger partial charge in [-0.3, -0.25) is 9.13 Å². The normalized spacial score (nSPS) is 11.5. The van der Waals surface area contributed by atoms with E-state index in [1.54, 1.807) is 0 Å². The fraction of sp³-hybridized carbons (Fsp3) is 0. The maximum atomic E-state index is 9.29. The van der Waals surface area contributed by atoms with Crippen LogP contribution in [0.2, 0.25) is 0 Å². The Labute approximate surface area is 264 Å². The molecule has 0 N–H and O–H groups in total. The maximum Gasteiger partial charge on any atom is 0.140 e. The lowest BCUT2D eigenvalue weighted by atomic mass is 10.1. The first-order valence-electron chi connectivity index (χ1n) is 15.2. The number of rotatable bonds is 4. The minimum absolute atomic E-state index is 0.626. The largest absolute Gasteiger partial charge is 0.294 e. The van der Waals surface area contributed by atoms with Crippen LogP contribution in [0.25, 0.3) is 77.8 Å². The van der Waals surface area contributed by atoms with Gasteiger partial charge in [0.05, 0.1) is 45.1 Å². The van der Waals surface area contributed by atoms with Crippen LogP contribution in [0.1, 0.15) is 5.56 Å². The highest BCUT2D eigenvalue weighted by Crippen LogP contribution is 2.36. The third-order valence-electron chi connectivity index (χ3n) is 8.77. The van der Waals surface area contributed by atoms with Crippen LogP contribution >= 0.6 is 0 Å². The summed E-state index contributed by atoms with van der Waals surface area (Å²) in [4.78, 5) is 10.5. The highest BCUT2D eigenvalue weighted by molar-refractivity contribution is 6.10. The number of hydrogen-bond acceptors (Lipinski definition) is 3. The molecular weight excluding hydrogens is 562 g/mol. The first-order chi connectivity index (χ1) is 22.8. The van der Waals surface area contributed by atoms with E-state index in [1.807, 2.05) is 42.5 Å². The van der Waals surface area contributed by atoms with Gasteiger partial charge in [-0.1, -0.05) is 91.0 Å². The molecule has 0 spiro atoms. The molecule has 0 radical (unpaired) electrons. The van der Waals surface area contributed by atoms with Crippen molar-refractivity contribution in [2.45, 2.75) is 0 Å². The molecule has 0 aliphatic heterocycles. The van der Waals surface area contributed by atoms with Crippen LogP contribution in [0, 0.1) is 11.3 Å². The molecule has 5 nitrogen and oxygen atoms in total. The molecule has 0 amide bonds. The molecule has 5 aromatic carbocycles. The molecule has 4 aromatic heterocycles. The number of nitriles is 1. The lowest BCUT2D eigenvalue weighted by Gasteiger charge is -2.15. The van der Waals surface area contributed by atoms with E-state index in [9.17, 15) is 5.26 Å². The summed E-state index contributed by atoms with van der Waals surface area (Å²) in [7, 11) is 0. The second-order valence-electron chi connectivity index (χ2n) is 11.4. The van der Waals surface area contributed by atoms with Crippen LogP contribution in [0.5, 0.6) is 0 Å². The van der Waals surface area contributed by atoms with Crippen LogP contribution in [-0.4, -0.2) is 19.1 Å². The van der Waals surface area contributed by atoms with Gasteiger partial charge in [-0.25, -0.2) is 9.97 Å². The monoisotopic (exact) mass is 587 g/mol. The van der Waals surface area contributed by atoms with Crippen molar-refractivity contribution in [1.29, 1.82) is 5.26 Å². The fourth-order valence-corrected chi connectivity index (χ4v) is 6.69. The average molecular weight is 588 g/mol. The first-order valence-corrected chi connectivity index (χ1v) is 15.2. The summed E-state index contributed by atoms with van der Waals surface area (Å²) in [6.45, 7) is 0. The number of aromatic nitrogens is 4. The van der Waals surface area contributed by atoms with E-state index in [-0.39, 0.29) is 0 Å². The highest BCUT2D eigenvalue weighted by Gasteiger charge is 2.18. The molecule has 4 heterocycles. The van der Waals surface area contributed by atoms with Crippen LogP contribution in [0.4, 0.5) is 0 Å². The van der Waals surface area contributed by atoms with Gasteiger partial charge >= 0.3 is 0 Å². The van der Waals surface area contributed by atoms with E-state index >= 15 is 0 Å². The van der Waals surface area contributed by atoms with E-state index in [1.165, 1.54) is 21.5 Å². The predicted octanol–water partition coefficient (Wildman–Crippen LogP) is 9.88. The van der Waals surface area contributed by atoms with Gasteiger partial charge in [-0.2, -0.15) is 5.26 Å². The van der Waals surface area contributed by atoms with E-state index in [0.29, 0.717) is 5.56 Å². The van der Waals surface area contributed by atoms with Gasteiger partial charge in [0, 0.05) is 32.7 Å². The van der Waals surface area contributed by atoms with E-state index in [2.05, 4.69) is 124 Å². The Hall–Kier alpha value is -6.51. The summed E-state index contributed by atoms with van der Waals surface area (Å²) >= 11 is 0. The molecule has 0 unspecified atom stereocenters. The van der Waals surface area contributed by atoms with Gasteiger partial charge < -0.3 is 0 Å². The standard InChI is InChI=1S/C41H25N5/c42-26-27-20-22-28(23-21-27)34-14-9-15-35(43-34)29-24-40(45-36-16-5-1-10-30(36)31-11-2-6-17-37(31)45)44-41(25-29)46-38-18-7-3-12-32(38)33-13-4-8-19-39(33)46/h1-25H. The minimum atomic E-state index is 0.626. The molecule has 0 saturated carbocycles. The molecule has 0 aliphatic carbocycles. The zero-order valence-electron chi connectivity index (χ0n) is 24.7. The van der Waals surface area contributed by atoms with Gasteiger partial charge in [-0.15, -0.1) is 0 Å². The molecule has 0 aliphatic rings. The number of benzene rings is 5. The van der Waals surface area contributed by atoms with Crippen molar-refractivity contribution in [3.8, 4) is 40.2 Å². The second-order valence-corrected chi connectivity index (χ2v) is 11.4. The zero-order valence-corrected chi connectivity index (χ0v) is 24.7. The molecule has 46 heavy (non-hydrogen) atoms. The summed E-state index contributed by atoms with van der Waals surface area (Å²) in [5.74, 6) is 1.63. The topological polar surface area (TPSA) is 59.4 Å². The molecule has 9 aromatic rings. The van der Waals surface area contributed by atoms with E-state index < -0.39 is 0 Å². The van der Waals surface area contributed by atoms with Crippen molar-refractivity contribution < 1.29 is 0 Å². The Morgan fingerprint density at radius 2 is 0.826 bits per heavy atom. The van der Waals surface area contributed by atoms with Crippen LogP contribution in [0.3, 0.4) is 0 Å². The molecule has 9 rings (SSSR count). The summed E-state index contributed by atoms with van der Waals surface area (Å²) in [5.41, 5.74) is 8.62. The number of para-hydroxylation sites is 4. The summed E-state index contributed by atoms with van der Waals surface area (Å²) in [6, 6.07) is 54.2. The highest BCUT2D eigenvalue weighted by atomic mass is 15.1. The van der Waals surface area contributed by atoms with Crippen molar-refractivity contribution in [1.82, 2.24) is 19.1 Å². The van der Waals surface area contributed by atoms with Crippen LogP contribution < -0.4 is 0 Å². The zero-order chi connectivity index (χ0) is 30.6. The van der Waals surface area contributed by atoms with Crippen molar-refractivity contribution in [2.24, 2.45) is 0 Å². The molecule has 214 valence electrons. The van der Waals surface area contributed by atoms with Crippen LogP contribution in [-0.2, 0) is 0 Å². The van der Waals surface area contributed by atoms with Gasteiger partial charge in [0.1, 0.15) is 11.6 Å². The predicted molar refractivity (Wildman–Crippen MR) is 186 cm³/mol. The lowest BCUT2D eigenvalue weighted by Crippen LogP contribution is -2.04. The molecular formula is C41H25N5. The van der Waals surface area contributed by atoms with Gasteiger partial charge in [0.15, 0.2) is 0 Å². The third kappa shape index (κ3) is 4.02. The lowest BCUT2D eigenvalue weighted by molar-refractivity contribution is 1.01. The minimum Gasteiger partial charge on any atom is -0.294 e. The Balaban J connectivity index is 1.35. The summed E-state index contributed by atoms with van der Waals surface area (Å²) in [6.07, 6.45) is 0. The molecule has 0 bridgehead atoms. The first kappa shape index (κ1) is 25.9. The Kier molecular flexibility index (Phi) is 5.81. The summed E-state index contributed by atoms with van der Waals surface area (Å²) < 4.78 is 4.52. The third-order valence-corrected chi connectivity index (χ3v) is 8.77. The smallest absolute Gasteiger partial charge is 0.140 e. The van der Waals surface area contributed by atoms with Crippen molar-refractivity contribution in [3.05, 3.63) is 157 Å². The van der Waals surface area contributed by atoms with Gasteiger partial charge in [-0.05, 0) is 60.7 Å². The average Bonchev–Trinajstić information content (AvgIpc) is 3.65.